The summed E-state index contributed by atoms with van der Waals surface area (Å²) in [7, 11) is 0.000139. The molecule has 3 unspecified atom stereocenters. The van der Waals surface area contributed by atoms with Gasteiger partial charge in [0.1, 0.15) is 0 Å². The van der Waals surface area contributed by atoms with Gasteiger partial charge in [0.15, 0.2) is 0 Å². The van der Waals surface area contributed by atoms with Gasteiger partial charge in [-0.25, -0.2) is 0 Å². The van der Waals surface area contributed by atoms with E-state index in [2.05, 4.69) is 20.8 Å². The van der Waals surface area contributed by atoms with Crippen LogP contribution < -0.4 is 0 Å². The molecule has 0 aromatic heterocycles. The third kappa shape index (κ3) is 0.861. The van der Waals surface area contributed by atoms with Gasteiger partial charge < -0.3 is 9.31 Å². The van der Waals surface area contributed by atoms with Gasteiger partial charge in [-0.15, -0.1) is 0 Å². The molecule has 78 valence electrons. The molecule has 1 aliphatic heterocycles. The Labute approximate surface area is 86.5 Å². The fourth-order valence-corrected chi connectivity index (χ4v) is 4.07. The first-order valence-corrected chi connectivity index (χ1v) is 5.78. The highest BCUT2D eigenvalue weighted by atomic mass is 16.7. The lowest BCUT2D eigenvalue weighted by molar-refractivity contribution is -0.199. The minimum atomic E-state index is -0.00231. The fourth-order valence-electron chi connectivity index (χ4n) is 4.07. The van der Waals surface area contributed by atoms with Crippen molar-refractivity contribution in [3.8, 4) is 0 Å². The second kappa shape index (κ2) is 2.38. The quantitative estimate of drug-likeness (QED) is 0.551. The third-order valence-corrected chi connectivity index (χ3v) is 5.08. The van der Waals surface area contributed by atoms with Crippen LogP contribution in [0.5, 0.6) is 0 Å². The Balaban J connectivity index is 1.95. The first-order valence-electron chi connectivity index (χ1n) is 5.78. The summed E-state index contributed by atoms with van der Waals surface area (Å²) in [6.07, 6.45) is 2.90. The largest absolute Gasteiger partial charge is 0.454 e. The maximum Gasteiger partial charge on any atom is 0.454 e. The van der Waals surface area contributed by atoms with Crippen molar-refractivity contribution in [3.05, 3.63) is 0 Å². The van der Waals surface area contributed by atoms with Crippen LogP contribution in [-0.2, 0) is 9.31 Å². The predicted molar refractivity (Wildman–Crippen MR) is 56.0 cm³/mol. The maximum absolute atomic E-state index is 6.02. The smallest absolute Gasteiger partial charge is 0.406 e. The van der Waals surface area contributed by atoms with E-state index in [0.29, 0.717) is 17.4 Å². The molecule has 4 fully saturated rings. The molecular weight excluding hydrogens is 175 g/mol. The van der Waals surface area contributed by atoms with Gasteiger partial charge in [0.05, 0.1) is 11.7 Å². The summed E-state index contributed by atoms with van der Waals surface area (Å²) >= 11 is 0. The maximum atomic E-state index is 6.02. The zero-order chi connectivity index (χ0) is 10.1. The van der Waals surface area contributed by atoms with Crippen molar-refractivity contribution in [3.63, 3.8) is 0 Å². The van der Waals surface area contributed by atoms with E-state index in [1.54, 1.807) is 0 Å². The van der Waals surface area contributed by atoms with Crippen LogP contribution in [0.3, 0.4) is 0 Å². The average molecular weight is 194 g/mol. The van der Waals surface area contributed by atoms with Crippen LogP contribution >= 0.6 is 0 Å². The summed E-state index contributed by atoms with van der Waals surface area (Å²) in [6.45, 7) is 9.05. The zero-order valence-corrected chi connectivity index (χ0v) is 9.54. The lowest BCUT2D eigenvalue weighted by atomic mass is 9.43. The van der Waals surface area contributed by atoms with E-state index in [4.69, 9.17) is 9.31 Å². The van der Waals surface area contributed by atoms with Crippen molar-refractivity contribution in [2.24, 2.45) is 17.3 Å². The van der Waals surface area contributed by atoms with Gasteiger partial charge >= 0.3 is 7.12 Å². The Morgan fingerprint density at radius 3 is 2.57 bits per heavy atom. The van der Waals surface area contributed by atoms with Gasteiger partial charge in [0, 0.05) is 0 Å². The standard InChI is InChI=1S/C11H19BO2/c1-10(2)7-5-8(10)11(3)9(6-7)13-12(4)14-11/h7-9H,5-6H2,1-4H3/t7?,8?,9?,11-/m0/s1. The normalized spacial score (nSPS) is 54.0. The molecule has 2 nitrogen and oxygen atoms in total. The molecule has 0 N–H and O–H groups in total. The summed E-state index contributed by atoms with van der Waals surface area (Å²) in [6, 6.07) is 0. The molecule has 3 aliphatic carbocycles. The van der Waals surface area contributed by atoms with Crippen molar-refractivity contribution in [2.75, 3.05) is 0 Å². The summed E-state index contributed by atoms with van der Waals surface area (Å²) in [4.78, 5) is 0. The molecule has 3 saturated carbocycles. The van der Waals surface area contributed by atoms with Crippen LogP contribution in [0.4, 0.5) is 0 Å². The van der Waals surface area contributed by atoms with Crippen molar-refractivity contribution >= 4 is 7.12 Å². The highest BCUT2D eigenvalue weighted by molar-refractivity contribution is 6.43. The fraction of sp³-hybridized carbons (Fsp3) is 1.00. The number of rotatable bonds is 0. The summed E-state index contributed by atoms with van der Waals surface area (Å²) in [5, 5.41) is 0. The van der Waals surface area contributed by atoms with Crippen LogP contribution in [0.25, 0.3) is 0 Å². The Morgan fingerprint density at radius 2 is 1.93 bits per heavy atom. The van der Waals surface area contributed by atoms with E-state index in [9.17, 15) is 0 Å². The van der Waals surface area contributed by atoms with Crippen LogP contribution in [-0.4, -0.2) is 18.8 Å². The summed E-state index contributed by atoms with van der Waals surface area (Å²) in [5.74, 6) is 1.56. The molecule has 0 aromatic carbocycles. The molecule has 1 heterocycles. The van der Waals surface area contributed by atoms with Gasteiger partial charge in [-0.05, 0) is 43.8 Å². The van der Waals surface area contributed by atoms with Gasteiger partial charge in [-0.1, -0.05) is 13.8 Å². The molecule has 0 spiro atoms. The molecule has 0 amide bonds. The first kappa shape index (κ1) is 9.23. The second-order valence-electron chi connectivity index (χ2n) is 6.04. The second-order valence-corrected chi connectivity index (χ2v) is 6.04. The van der Waals surface area contributed by atoms with E-state index in [1.165, 1.54) is 12.8 Å². The van der Waals surface area contributed by atoms with Crippen molar-refractivity contribution in [1.82, 2.24) is 0 Å². The molecule has 4 atom stereocenters. The Kier molecular flexibility index (Phi) is 1.57. The van der Waals surface area contributed by atoms with Crippen LogP contribution in [0.15, 0.2) is 0 Å². The Bertz CT molecular complexity index is 278. The lowest BCUT2D eigenvalue weighted by Gasteiger charge is -2.64. The van der Waals surface area contributed by atoms with Crippen LogP contribution in [0.1, 0.15) is 33.6 Å². The zero-order valence-electron chi connectivity index (χ0n) is 9.54. The van der Waals surface area contributed by atoms with Gasteiger partial charge in [-0.2, -0.15) is 0 Å². The van der Waals surface area contributed by atoms with Crippen molar-refractivity contribution in [2.45, 2.75) is 52.1 Å². The SMILES string of the molecule is CB1OC2CC3CC(C3(C)C)[C@]2(C)O1. The Hall–Kier alpha value is -0.0151. The highest BCUT2D eigenvalue weighted by Crippen LogP contribution is 2.65. The topological polar surface area (TPSA) is 18.5 Å². The number of hydrogen-bond acceptors (Lipinski definition) is 2. The third-order valence-electron chi connectivity index (χ3n) is 5.08. The van der Waals surface area contributed by atoms with Gasteiger partial charge in [-0.3, -0.25) is 0 Å². The minimum Gasteiger partial charge on any atom is -0.406 e. The molecule has 4 rings (SSSR count). The van der Waals surface area contributed by atoms with Crippen molar-refractivity contribution in [1.29, 1.82) is 0 Å². The van der Waals surface area contributed by atoms with Gasteiger partial charge in [0.2, 0.25) is 0 Å². The molecule has 0 radical (unpaired) electrons. The summed E-state index contributed by atoms with van der Waals surface area (Å²) < 4.78 is 11.9. The van der Waals surface area contributed by atoms with E-state index in [-0.39, 0.29) is 12.7 Å². The van der Waals surface area contributed by atoms with E-state index in [1.807, 2.05) is 6.82 Å². The first-order chi connectivity index (χ1) is 6.44. The van der Waals surface area contributed by atoms with E-state index >= 15 is 0 Å². The number of hydrogen-bond donors (Lipinski definition) is 0. The highest BCUT2D eigenvalue weighted by Gasteiger charge is 2.67. The summed E-state index contributed by atoms with van der Waals surface area (Å²) in [5.41, 5.74) is 0.469. The molecule has 0 aromatic rings. The Morgan fingerprint density at radius 1 is 1.21 bits per heavy atom. The van der Waals surface area contributed by atoms with E-state index in [0.717, 1.165) is 5.92 Å². The predicted octanol–water partition coefficient (Wildman–Crippen LogP) is 2.34. The minimum absolute atomic E-state index is 0.000139. The monoisotopic (exact) mass is 194 g/mol. The van der Waals surface area contributed by atoms with Crippen LogP contribution in [0, 0.1) is 17.3 Å². The average Bonchev–Trinajstić information content (AvgIpc) is 2.37. The molecule has 4 aliphatic rings. The van der Waals surface area contributed by atoms with E-state index < -0.39 is 0 Å². The molecule has 3 heteroatoms. The van der Waals surface area contributed by atoms with Crippen LogP contribution in [0.2, 0.25) is 6.82 Å². The molecule has 2 bridgehead atoms. The molecule has 14 heavy (non-hydrogen) atoms. The molecular formula is C11H19BO2. The lowest BCUT2D eigenvalue weighted by Crippen LogP contribution is -2.65. The van der Waals surface area contributed by atoms with Crippen molar-refractivity contribution < 1.29 is 9.31 Å². The molecule has 1 saturated heterocycles. The van der Waals surface area contributed by atoms with Gasteiger partial charge in [0.25, 0.3) is 0 Å².